The van der Waals surface area contributed by atoms with Gasteiger partial charge in [-0.15, -0.1) is 0 Å². The van der Waals surface area contributed by atoms with Crippen LogP contribution in [-0.4, -0.2) is 11.6 Å². The van der Waals surface area contributed by atoms with Crippen LogP contribution in [0.2, 0.25) is 0 Å². The summed E-state index contributed by atoms with van der Waals surface area (Å²) in [7, 11) is 0. The van der Waals surface area contributed by atoms with Gasteiger partial charge in [-0.1, -0.05) is 32.6 Å². The number of hydrogen-bond acceptors (Lipinski definition) is 3. The molecule has 0 aliphatic carbocycles. The zero-order valence-electron chi connectivity index (χ0n) is 9.41. The van der Waals surface area contributed by atoms with Gasteiger partial charge in [0.15, 0.2) is 0 Å². The fraction of sp³-hybridized carbons (Fsp3) is 0.583. The van der Waals surface area contributed by atoms with Crippen LogP contribution < -0.4 is 10.5 Å². The number of hydrogen-bond donors (Lipinski definition) is 1. The Labute approximate surface area is 91.7 Å². The third-order valence-electron chi connectivity index (χ3n) is 2.25. The minimum atomic E-state index is 0.651. The third-order valence-corrected chi connectivity index (χ3v) is 2.25. The average molecular weight is 208 g/mol. The smallest absolute Gasteiger partial charge is 0.139 e. The van der Waals surface area contributed by atoms with Crippen molar-refractivity contribution >= 4 is 5.69 Å². The van der Waals surface area contributed by atoms with Crippen LogP contribution in [0.15, 0.2) is 18.5 Å². The van der Waals surface area contributed by atoms with E-state index in [4.69, 9.17) is 10.5 Å². The van der Waals surface area contributed by atoms with Crippen LogP contribution in [0.3, 0.4) is 0 Å². The Bertz CT molecular complexity index is 276. The predicted molar refractivity (Wildman–Crippen MR) is 62.9 cm³/mol. The van der Waals surface area contributed by atoms with Crippen LogP contribution in [0.4, 0.5) is 5.69 Å². The molecule has 0 radical (unpaired) electrons. The molecular formula is C12H20N2O. The van der Waals surface area contributed by atoms with Gasteiger partial charge in [0.25, 0.3) is 0 Å². The van der Waals surface area contributed by atoms with Crippen LogP contribution in [0, 0.1) is 0 Å². The molecule has 0 spiro atoms. The number of nitrogens with two attached hydrogens (primary N) is 1. The second-order valence-electron chi connectivity index (χ2n) is 3.72. The molecule has 0 bridgehead atoms. The molecule has 15 heavy (non-hydrogen) atoms. The van der Waals surface area contributed by atoms with E-state index in [1.165, 1.54) is 25.7 Å². The minimum Gasteiger partial charge on any atom is -0.492 e. The van der Waals surface area contributed by atoms with Gasteiger partial charge in [-0.2, -0.15) is 0 Å². The second-order valence-corrected chi connectivity index (χ2v) is 3.72. The molecule has 0 aromatic carbocycles. The first-order chi connectivity index (χ1) is 7.33. The molecular weight excluding hydrogens is 188 g/mol. The summed E-state index contributed by atoms with van der Waals surface area (Å²) in [6.45, 7) is 2.98. The van der Waals surface area contributed by atoms with E-state index >= 15 is 0 Å². The molecule has 84 valence electrons. The Morgan fingerprint density at radius 3 is 2.73 bits per heavy atom. The van der Waals surface area contributed by atoms with E-state index < -0.39 is 0 Å². The molecule has 0 unspecified atom stereocenters. The van der Waals surface area contributed by atoms with Gasteiger partial charge < -0.3 is 10.5 Å². The number of nitrogens with zero attached hydrogens (tertiary/aromatic N) is 1. The molecule has 0 saturated heterocycles. The molecule has 1 heterocycles. The Balaban J connectivity index is 2.10. The molecule has 1 aromatic rings. The van der Waals surface area contributed by atoms with Crippen molar-refractivity contribution in [3.05, 3.63) is 18.5 Å². The maximum atomic E-state index is 5.59. The maximum absolute atomic E-state index is 5.59. The molecule has 1 aromatic heterocycles. The summed E-state index contributed by atoms with van der Waals surface area (Å²) in [5, 5.41) is 0. The lowest BCUT2D eigenvalue weighted by Gasteiger charge is -2.05. The topological polar surface area (TPSA) is 48.1 Å². The van der Waals surface area contributed by atoms with E-state index in [-0.39, 0.29) is 0 Å². The summed E-state index contributed by atoms with van der Waals surface area (Å²) < 4.78 is 5.52. The first kappa shape index (κ1) is 11.8. The first-order valence-electron chi connectivity index (χ1n) is 5.66. The number of pyridine rings is 1. The molecule has 3 heteroatoms. The van der Waals surface area contributed by atoms with Gasteiger partial charge in [-0.25, -0.2) is 0 Å². The molecule has 0 amide bonds. The highest BCUT2D eigenvalue weighted by Gasteiger charge is 1.95. The van der Waals surface area contributed by atoms with E-state index in [9.17, 15) is 0 Å². The number of anilines is 1. The van der Waals surface area contributed by atoms with Crippen LogP contribution >= 0.6 is 0 Å². The van der Waals surface area contributed by atoms with Crippen molar-refractivity contribution in [3.63, 3.8) is 0 Å². The van der Waals surface area contributed by atoms with Crippen molar-refractivity contribution in [2.45, 2.75) is 39.0 Å². The number of ether oxygens (including phenoxy) is 1. The number of unbranched alkanes of at least 4 members (excludes halogenated alkanes) is 4. The quantitative estimate of drug-likeness (QED) is 0.701. The number of rotatable bonds is 7. The SMILES string of the molecule is CCCCCCCOc1cncc(N)c1. The van der Waals surface area contributed by atoms with Gasteiger partial charge in [0.05, 0.1) is 24.7 Å². The zero-order chi connectivity index (χ0) is 10.9. The van der Waals surface area contributed by atoms with Crippen molar-refractivity contribution in [1.82, 2.24) is 4.98 Å². The fourth-order valence-electron chi connectivity index (χ4n) is 1.41. The zero-order valence-corrected chi connectivity index (χ0v) is 9.41. The van der Waals surface area contributed by atoms with Crippen LogP contribution in [0.5, 0.6) is 5.75 Å². The molecule has 3 nitrogen and oxygen atoms in total. The van der Waals surface area contributed by atoms with E-state index in [1.807, 2.05) is 0 Å². The molecule has 0 saturated carbocycles. The van der Waals surface area contributed by atoms with E-state index in [1.54, 1.807) is 18.5 Å². The van der Waals surface area contributed by atoms with Gasteiger partial charge in [0.1, 0.15) is 5.75 Å². The first-order valence-corrected chi connectivity index (χ1v) is 5.66. The van der Waals surface area contributed by atoms with Crippen LogP contribution in [0.25, 0.3) is 0 Å². The summed E-state index contributed by atoms with van der Waals surface area (Å²) in [6.07, 6.45) is 9.56. The summed E-state index contributed by atoms with van der Waals surface area (Å²) in [5.41, 5.74) is 6.24. The van der Waals surface area contributed by atoms with E-state index in [0.29, 0.717) is 5.69 Å². The summed E-state index contributed by atoms with van der Waals surface area (Å²) in [6, 6.07) is 1.80. The molecule has 0 aliphatic heterocycles. The molecule has 0 atom stereocenters. The normalized spacial score (nSPS) is 10.2. The molecule has 2 N–H and O–H groups in total. The Morgan fingerprint density at radius 1 is 1.20 bits per heavy atom. The van der Waals surface area contributed by atoms with Crippen molar-refractivity contribution in [3.8, 4) is 5.75 Å². The lowest BCUT2D eigenvalue weighted by molar-refractivity contribution is 0.303. The van der Waals surface area contributed by atoms with E-state index in [2.05, 4.69) is 11.9 Å². The summed E-state index contributed by atoms with van der Waals surface area (Å²) >= 11 is 0. The van der Waals surface area contributed by atoms with Gasteiger partial charge >= 0.3 is 0 Å². The van der Waals surface area contributed by atoms with Crippen molar-refractivity contribution in [2.75, 3.05) is 12.3 Å². The summed E-state index contributed by atoms with van der Waals surface area (Å²) in [4.78, 5) is 3.96. The van der Waals surface area contributed by atoms with Crippen molar-refractivity contribution in [1.29, 1.82) is 0 Å². The van der Waals surface area contributed by atoms with Gasteiger partial charge in [-0.05, 0) is 6.42 Å². The number of nitrogen functional groups attached to an aromatic ring is 1. The lowest BCUT2D eigenvalue weighted by atomic mass is 10.2. The highest BCUT2D eigenvalue weighted by Crippen LogP contribution is 2.13. The Morgan fingerprint density at radius 2 is 2.00 bits per heavy atom. The number of aromatic nitrogens is 1. The summed E-state index contributed by atoms with van der Waals surface area (Å²) in [5.74, 6) is 0.769. The standard InChI is InChI=1S/C12H20N2O/c1-2-3-4-5-6-7-15-12-8-11(13)9-14-10-12/h8-10H,2-7,13H2,1H3. The Hall–Kier alpha value is -1.25. The second kappa shape index (κ2) is 7.10. The largest absolute Gasteiger partial charge is 0.492 e. The lowest BCUT2D eigenvalue weighted by Crippen LogP contribution is -1.98. The Kier molecular flexibility index (Phi) is 5.59. The maximum Gasteiger partial charge on any atom is 0.139 e. The van der Waals surface area contributed by atoms with Crippen molar-refractivity contribution < 1.29 is 4.74 Å². The van der Waals surface area contributed by atoms with Crippen LogP contribution in [-0.2, 0) is 0 Å². The monoisotopic (exact) mass is 208 g/mol. The molecule has 0 fully saturated rings. The van der Waals surface area contributed by atoms with Gasteiger partial charge in [0.2, 0.25) is 0 Å². The average Bonchev–Trinajstić information content (AvgIpc) is 2.23. The highest BCUT2D eigenvalue weighted by atomic mass is 16.5. The van der Waals surface area contributed by atoms with Gasteiger partial charge in [-0.3, -0.25) is 4.98 Å². The minimum absolute atomic E-state index is 0.651. The van der Waals surface area contributed by atoms with E-state index in [0.717, 1.165) is 18.8 Å². The highest BCUT2D eigenvalue weighted by molar-refractivity contribution is 5.39. The molecule has 0 aliphatic rings. The third kappa shape index (κ3) is 5.25. The van der Waals surface area contributed by atoms with Crippen molar-refractivity contribution in [2.24, 2.45) is 0 Å². The predicted octanol–water partition coefficient (Wildman–Crippen LogP) is 3.01. The fourth-order valence-corrected chi connectivity index (χ4v) is 1.41. The van der Waals surface area contributed by atoms with Crippen LogP contribution in [0.1, 0.15) is 39.0 Å². The van der Waals surface area contributed by atoms with Gasteiger partial charge in [0, 0.05) is 6.07 Å². The molecule has 1 rings (SSSR count).